The molecule has 4 atom stereocenters. The van der Waals surface area contributed by atoms with Gasteiger partial charge < -0.3 is 20.1 Å². The highest BCUT2D eigenvalue weighted by atomic mass is 127. The summed E-state index contributed by atoms with van der Waals surface area (Å²) in [5.74, 6) is -1.26. The predicted molar refractivity (Wildman–Crippen MR) is 154 cm³/mol. The number of amides is 2. The average Bonchev–Trinajstić information content (AvgIpc) is 3.17. The van der Waals surface area contributed by atoms with Crippen LogP contribution in [-0.4, -0.2) is 57.9 Å². The Bertz CT molecular complexity index is 1120. The van der Waals surface area contributed by atoms with Crippen LogP contribution in [0.4, 0.5) is 0 Å². The van der Waals surface area contributed by atoms with E-state index in [1.165, 1.54) is 12.0 Å². The molecule has 1 saturated carbocycles. The molecule has 0 spiro atoms. The van der Waals surface area contributed by atoms with E-state index in [9.17, 15) is 24.9 Å². The molecule has 2 amide bonds. The van der Waals surface area contributed by atoms with E-state index in [-0.39, 0.29) is 30.2 Å². The fraction of sp³-hybridized carbons (Fsp3) is 0.600. The molecule has 1 aromatic carbocycles. The Balaban J connectivity index is 1.52. The number of rotatable bonds is 9. The number of halogens is 1. The molecule has 208 valence electrons. The Hall–Kier alpha value is -1.91. The second-order valence-corrected chi connectivity index (χ2v) is 12.1. The van der Waals surface area contributed by atoms with Gasteiger partial charge in [0.2, 0.25) is 11.8 Å². The molecule has 1 aliphatic heterocycles. The number of imide groups is 1. The second kappa shape index (κ2) is 12.5. The van der Waals surface area contributed by atoms with Gasteiger partial charge in [-0.1, -0.05) is 43.4 Å². The van der Waals surface area contributed by atoms with Crippen LogP contribution in [0.25, 0.3) is 6.08 Å². The standard InChI is InChI=1S/C30H40INO6/c1-4-19-15-21-27(30(37)32(29(21)36)20-8-6-5-7-9-20)22(16-33)26(19)24(34)11-10-17(2)12-18-13-23(31)28(35)25(14-18)38-3/h12-14,20-22,24,27,33-35H,4-11,15-16H2,1-3H3/b17-12+/t21-,22+,24-,27-/m1/s1. The van der Waals surface area contributed by atoms with Gasteiger partial charge >= 0.3 is 0 Å². The molecule has 1 aromatic rings. The molecule has 7 nitrogen and oxygen atoms in total. The third-order valence-electron chi connectivity index (χ3n) is 8.64. The number of nitrogens with zero attached hydrogens (tertiary/aromatic N) is 1. The SMILES string of the molecule is CCC1=C([C@H](O)CC/C(C)=C/c2cc(I)c(O)c(OC)c2)[C@H](CO)[C@@H]2C(=O)N(C3CCCCC3)C(=O)[C@@H]2C1. The lowest BCUT2D eigenvalue weighted by molar-refractivity contribution is -0.143. The Labute approximate surface area is 239 Å². The van der Waals surface area contributed by atoms with E-state index in [0.29, 0.717) is 35.0 Å². The number of benzene rings is 1. The van der Waals surface area contributed by atoms with Crippen LogP contribution in [0.5, 0.6) is 11.5 Å². The van der Waals surface area contributed by atoms with Crippen molar-refractivity contribution in [3.8, 4) is 11.5 Å². The number of likely N-dealkylation sites (tertiary alicyclic amines) is 1. The van der Waals surface area contributed by atoms with Crippen LogP contribution >= 0.6 is 22.6 Å². The lowest BCUT2D eigenvalue weighted by Gasteiger charge is -2.36. The van der Waals surface area contributed by atoms with E-state index in [2.05, 4.69) is 22.6 Å². The maximum Gasteiger partial charge on any atom is 0.234 e. The van der Waals surface area contributed by atoms with Crippen molar-refractivity contribution >= 4 is 40.5 Å². The summed E-state index contributed by atoms with van der Waals surface area (Å²) in [6, 6.07) is 3.63. The number of carbonyl (C=O) groups excluding carboxylic acids is 2. The van der Waals surface area contributed by atoms with E-state index in [0.717, 1.165) is 54.4 Å². The van der Waals surface area contributed by atoms with E-state index >= 15 is 0 Å². The lowest BCUT2D eigenvalue weighted by atomic mass is 9.67. The van der Waals surface area contributed by atoms with Crippen LogP contribution in [0.1, 0.15) is 77.2 Å². The normalized spacial score (nSPS) is 25.7. The monoisotopic (exact) mass is 637 g/mol. The van der Waals surface area contributed by atoms with Gasteiger partial charge in [-0.3, -0.25) is 14.5 Å². The Morgan fingerprint density at radius 2 is 1.92 bits per heavy atom. The lowest BCUT2D eigenvalue weighted by Crippen LogP contribution is -2.42. The summed E-state index contributed by atoms with van der Waals surface area (Å²) in [5, 5.41) is 32.0. The van der Waals surface area contributed by atoms with Gasteiger partial charge in [0.25, 0.3) is 0 Å². The fourth-order valence-corrected chi connectivity index (χ4v) is 7.36. The fourth-order valence-electron chi connectivity index (χ4n) is 6.73. The number of hydrogen-bond acceptors (Lipinski definition) is 6. The average molecular weight is 638 g/mol. The van der Waals surface area contributed by atoms with Gasteiger partial charge in [0.1, 0.15) is 0 Å². The third-order valence-corrected chi connectivity index (χ3v) is 9.46. The van der Waals surface area contributed by atoms with Crippen molar-refractivity contribution in [1.29, 1.82) is 0 Å². The van der Waals surface area contributed by atoms with Crippen LogP contribution in [0.15, 0.2) is 28.9 Å². The minimum absolute atomic E-state index is 0.0264. The molecule has 3 aliphatic rings. The zero-order valence-electron chi connectivity index (χ0n) is 22.6. The zero-order valence-corrected chi connectivity index (χ0v) is 24.7. The second-order valence-electron chi connectivity index (χ2n) is 11.0. The molecule has 4 rings (SSSR count). The molecule has 3 N–H and O–H groups in total. The number of aliphatic hydroxyl groups excluding tert-OH is 2. The number of carbonyl (C=O) groups is 2. The van der Waals surface area contributed by atoms with E-state index in [1.54, 1.807) is 6.07 Å². The van der Waals surface area contributed by atoms with Crippen LogP contribution in [0.3, 0.4) is 0 Å². The van der Waals surface area contributed by atoms with Crippen molar-refractivity contribution in [3.63, 3.8) is 0 Å². The summed E-state index contributed by atoms with van der Waals surface area (Å²) in [7, 11) is 1.52. The molecule has 0 bridgehead atoms. The molecule has 2 fully saturated rings. The third kappa shape index (κ3) is 5.68. The highest BCUT2D eigenvalue weighted by molar-refractivity contribution is 14.1. The highest BCUT2D eigenvalue weighted by Gasteiger charge is 2.56. The first-order valence-electron chi connectivity index (χ1n) is 13.8. The molecule has 1 saturated heterocycles. The van der Waals surface area contributed by atoms with E-state index in [4.69, 9.17) is 4.74 Å². The van der Waals surface area contributed by atoms with Crippen LogP contribution in [-0.2, 0) is 9.59 Å². The molecule has 2 aliphatic carbocycles. The van der Waals surface area contributed by atoms with Crippen LogP contribution < -0.4 is 4.74 Å². The summed E-state index contributed by atoms with van der Waals surface area (Å²) < 4.78 is 5.96. The Morgan fingerprint density at radius 1 is 1.21 bits per heavy atom. The highest BCUT2D eigenvalue weighted by Crippen LogP contribution is 2.48. The number of aliphatic hydroxyl groups is 2. The summed E-state index contributed by atoms with van der Waals surface area (Å²) >= 11 is 2.07. The van der Waals surface area contributed by atoms with Gasteiger partial charge in [-0.2, -0.15) is 0 Å². The van der Waals surface area contributed by atoms with Crippen LogP contribution in [0.2, 0.25) is 0 Å². The molecule has 0 unspecified atom stereocenters. The number of fused-ring (bicyclic) bond motifs is 1. The van der Waals surface area contributed by atoms with Crippen LogP contribution in [0, 0.1) is 21.3 Å². The first-order chi connectivity index (χ1) is 18.2. The Kier molecular flexibility index (Phi) is 9.58. The van der Waals surface area contributed by atoms with E-state index in [1.807, 2.05) is 26.0 Å². The number of ether oxygens (including phenoxy) is 1. The maximum atomic E-state index is 13.6. The topological polar surface area (TPSA) is 107 Å². The molecule has 8 heteroatoms. The van der Waals surface area contributed by atoms with Crippen molar-refractivity contribution in [2.24, 2.45) is 17.8 Å². The summed E-state index contributed by atoms with van der Waals surface area (Å²) in [5.41, 5.74) is 3.72. The van der Waals surface area contributed by atoms with Gasteiger partial charge in [-0.25, -0.2) is 0 Å². The minimum atomic E-state index is -0.799. The zero-order chi connectivity index (χ0) is 27.6. The van der Waals surface area contributed by atoms with Gasteiger partial charge in [0.05, 0.1) is 35.2 Å². The number of hydrogen-bond donors (Lipinski definition) is 3. The van der Waals surface area contributed by atoms with Crippen molar-refractivity contribution in [1.82, 2.24) is 4.90 Å². The maximum absolute atomic E-state index is 13.6. The number of phenolic OH excluding ortho intramolecular Hbond substituents is 1. The molecule has 0 radical (unpaired) electrons. The number of methoxy groups -OCH3 is 1. The van der Waals surface area contributed by atoms with Gasteiger partial charge in [-0.15, -0.1) is 0 Å². The number of phenols is 1. The molecule has 38 heavy (non-hydrogen) atoms. The number of allylic oxidation sites excluding steroid dienone is 2. The number of aromatic hydroxyl groups is 1. The molecular weight excluding hydrogens is 597 g/mol. The molecular formula is C30H40INO6. The van der Waals surface area contributed by atoms with E-state index < -0.39 is 23.9 Å². The summed E-state index contributed by atoms with van der Waals surface area (Å²) in [6.45, 7) is 3.76. The quantitative estimate of drug-likeness (QED) is 0.195. The van der Waals surface area contributed by atoms with Crippen molar-refractivity contribution in [3.05, 3.63) is 38.0 Å². The molecule has 0 aromatic heterocycles. The van der Waals surface area contributed by atoms with Gasteiger partial charge in [0, 0.05) is 12.0 Å². The minimum Gasteiger partial charge on any atom is -0.504 e. The van der Waals surface area contributed by atoms with Gasteiger partial charge in [-0.05, 0) is 91.3 Å². The first-order valence-corrected chi connectivity index (χ1v) is 14.9. The van der Waals surface area contributed by atoms with Gasteiger partial charge in [0.15, 0.2) is 11.5 Å². The summed E-state index contributed by atoms with van der Waals surface area (Å²) in [4.78, 5) is 28.6. The summed E-state index contributed by atoms with van der Waals surface area (Å²) in [6.07, 6.45) is 8.38. The smallest absolute Gasteiger partial charge is 0.234 e. The Morgan fingerprint density at radius 3 is 2.55 bits per heavy atom. The predicted octanol–water partition coefficient (Wildman–Crippen LogP) is 5.20. The molecule has 1 heterocycles. The van der Waals surface area contributed by atoms with Crippen molar-refractivity contribution < 1.29 is 29.6 Å². The van der Waals surface area contributed by atoms with Crippen molar-refractivity contribution in [2.45, 2.75) is 83.8 Å². The van der Waals surface area contributed by atoms with Crippen molar-refractivity contribution in [2.75, 3.05) is 13.7 Å². The largest absolute Gasteiger partial charge is 0.504 e. The first kappa shape index (κ1) is 29.1.